The Hall–Kier alpha value is -3.09. The highest BCUT2D eigenvalue weighted by Crippen LogP contribution is 2.21. The van der Waals surface area contributed by atoms with E-state index in [2.05, 4.69) is 32.4 Å². The molecule has 0 aliphatic rings. The first kappa shape index (κ1) is 26.5. The molecule has 2 atom stereocenters. The predicted molar refractivity (Wildman–Crippen MR) is 138 cm³/mol. The summed E-state index contributed by atoms with van der Waals surface area (Å²) < 4.78 is 6.56. The molecule has 0 saturated carbocycles. The third kappa shape index (κ3) is 7.70. The summed E-state index contributed by atoms with van der Waals surface area (Å²) in [6.07, 6.45) is 3.12. The van der Waals surface area contributed by atoms with Gasteiger partial charge in [-0.15, -0.1) is 11.8 Å². The number of anilines is 1. The first-order valence-corrected chi connectivity index (χ1v) is 11.8. The lowest BCUT2D eigenvalue weighted by Crippen LogP contribution is -2.32. The number of methoxy groups -OCH3 is 1. The van der Waals surface area contributed by atoms with Gasteiger partial charge >= 0.3 is 0 Å². The lowest BCUT2D eigenvalue weighted by molar-refractivity contribution is 0.138. The van der Waals surface area contributed by atoms with Gasteiger partial charge < -0.3 is 19.7 Å². The number of rotatable bonds is 10. The fourth-order valence-electron chi connectivity index (χ4n) is 3.31. The van der Waals surface area contributed by atoms with Crippen LogP contribution < -0.4 is 20.9 Å². The van der Waals surface area contributed by atoms with Crippen LogP contribution in [0.4, 0.5) is 5.95 Å². The Morgan fingerprint density at radius 3 is 2.54 bits per heavy atom. The zero-order chi connectivity index (χ0) is 25.2. The van der Waals surface area contributed by atoms with Crippen molar-refractivity contribution >= 4 is 29.2 Å². The number of aliphatic hydroxyl groups is 1. The van der Waals surface area contributed by atoms with E-state index in [-0.39, 0.29) is 17.2 Å². The minimum absolute atomic E-state index is 0.175. The van der Waals surface area contributed by atoms with Crippen molar-refractivity contribution in [3.8, 4) is 17.7 Å². The maximum Gasteiger partial charge on any atom is 0.258 e. The minimum atomic E-state index is -1.17. The van der Waals surface area contributed by atoms with Crippen LogP contribution >= 0.6 is 23.2 Å². The van der Waals surface area contributed by atoms with E-state index >= 15 is 0 Å². The quantitative estimate of drug-likeness (QED) is 0.212. The molecule has 0 fully saturated rings. The average molecular weight is 516 g/mol. The molecule has 0 aliphatic heterocycles. The Kier molecular flexibility index (Phi) is 9.94. The molecular formula is C25H27Cl2N5O3. The van der Waals surface area contributed by atoms with Gasteiger partial charge in [0.15, 0.2) is 0 Å². The van der Waals surface area contributed by atoms with Gasteiger partial charge in [0.2, 0.25) is 11.8 Å². The molecule has 3 aromatic rings. The zero-order valence-electron chi connectivity index (χ0n) is 19.5. The van der Waals surface area contributed by atoms with Gasteiger partial charge in [0.25, 0.3) is 5.56 Å². The van der Waals surface area contributed by atoms with Crippen molar-refractivity contribution in [2.75, 3.05) is 25.5 Å². The van der Waals surface area contributed by atoms with Crippen molar-refractivity contribution in [1.82, 2.24) is 19.9 Å². The van der Waals surface area contributed by atoms with Gasteiger partial charge in [-0.05, 0) is 30.7 Å². The van der Waals surface area contributed by atoms with Crippen molar-refractivity contribution in [1.29, 1.82) is 0 Å². The van der Waals surface area contributed by atoms with Gasteiger partial charge in [-0.3, -0.25) is 10.1 Å². The number of halogens is 2. The summed E-state index contributed by atoms with van der Waals surface area (Å²) in [5.41, 5.74) is 0.748. The van der Waals surface area contributed by atoms with Gasteiger partial charge in [0, 0.05) is 49.4 Å². The molecule has 10 heteroatoms. The molecule has 184 valence electrons. The van der Waals surface area contributed by atoms with Crippen LogP contribution in [0.25, 0.3) is 0 Å². The number of nitrogens with zero attached hydrogens (tertiary/aromatic N) is 3. The molecule has 0 radical (unpaired) electrons. The first-order chi connectivity index (χ1) is 16.9. The van der Waals surface area contributed by atoms with Crippen LogP contribution in [-0.2, 0) is 0 Å². The Morgan fingerprint density at radius 2 is 1.83 bits per heavy atom. The standard InChI is InChI=1S/C25H27Cl2N5O3/c1-17(18-7-9-19(26)10-8-18)32-16-20(27)15-21(24(32)34)23(33)28-12-5-3-4-6-13-29-25-30-14-11-22(31-25)35-2/h7-11,14-17,23,28,33H,5-6,12-13H2,1-2H3,(H,29,30,31). The summed E-state index contributed by atoms with van der Waals surface area (Å²) in [6.45, 7) is 2.87. The molecule has 2 heterocycles. The largest absolute Gasteiger partial charge is 0.481 e. The fraction of sp³-hybridized carbons (Fsp3) is 0.320. The second-order valence-electron chi connectivity index (χ2n) is 7.61. The van der Waals surface area contributed by atoms with Crippen molar-refractivity contribution in [2.45, 2.75) is 32.0 Å². The molecule has 8 nitrogen and oxygen atoms in total. The third-order valence-electron chi connectivity index (χ3n) is 5.19. The van der Waals surface area contributed by atoms with E-state index in [9.17, 15) is 9.90 Å². The van der Waals surface area contributed by atoms with Crippen LogP contribution in [0.5, 0.6) is 5.88 Å². The molecule has 1 aromatic carbocycles. The SMILES string of the molecule is COc1ccnc(NCCC#CCCNC(O)c2cc(Cl)cn(C(C)c3ccc(Cl)cc3)c2=O)n1. The van der Waals surface area contributed by atoms with E-state index in [1.54, 1.807) is 37.7 Å². The molecule has 3 N–H and O–H groups in total. The molecule has 0 spiro atoms. The summed E-state index contributed by atoms with van der Waals surface area (Å²) >= 11 is 12.2. The number of pyridine rings is 1. The summed E-state index contributed by atoms with van der Waals surface area (Å²) in [7, 11) is 1.55. The molecule has 0 aliphatic carbocycles. The smallest absolute Gasteiger partial charge is 0.258 e. The monoisotopic (exact) mass is 515 g/mol. The predicted octanol–water partition coefficient (Wildman–Crippen LogP) is 4.04. The van der Waals surface area contributed by atoms with Crippen LogP contribution in [0.2, 0.25) is 10.0 Å². The summed E-state index contributed by atoms with van der Waals surface area (Å²) in [5.74, 6) is 7.05. The number of aliphatic hydroxyl groups excluding tert-OH is 1. The van der Waals surface area contributed by atoms with Gasteiger partial charge in [0.1, 0.15) is 6.23 Å². The highest BCUT2D eigenvalue weighted by atomic mass is 35.5. The van der Waals surface area contributed by atoms with E-state index in [4.69, 9.17) is 27.9 Å². The van der Waals surface area contributed by atoms with Gasteiger partial charge in [0.05, 0.1) is 23.7 Å². The minimum Gasteiger partial charge on any atom is -0.481 e. The zero-order valence-corrected chi connectivity index (χ0v) is 21.0. The van der Waals surface area contributed by atoms with Crippen molar-refractivity contribution < 1.29 is 9.84 Å². The lowest BCUT2D eigenvalue weighted by Gasteiger charge is -2.19. The van der Waals surface area contributed by atoms with Crippen LogP contribution in [0, 0.1) is 11.8 Å². The van der Waals surface area contributed by atoms with Crippen LogP contribution in [-0.4, -0.2) is 39.8 Å². The second-order valence-corrected chi connectivity index (χ2v) is 8.49. The Balaban J connectivity index is 1.51. The number of hydrogen-bond acceptors (Lipinski definition) is 7. The van der Waals surface area contributed by atoms with Gasteiger partial charge in [-0.1, -0.05) is 35.3 Å². The Morgan fingerprint density at radius 1 is 1.11 bits per heavy atom. The number of benzene rings is 1. The average Bonchev–Trinajstić information content (AvgIpc) is 2.86. The Bertz CT molecular complexity index is 1240. The Labute approximate surface area is 214 Å². The van der Waals surface area contributed by atoms with E-state index < -0.39 is 6.23 Å². The molecule has 0 bridgehead atoms. The van der Waals surface area contributed by atoms with Crippen LogP contribution in [0.1, 0.15) is 43.2 Å². The topological polar surface area (TPSA) is 101 Å². The van der Waals surface area contributed by atoms with Crippen molar-refractivity contribution in [3.63, 3.8) is 0 Å². The van der Waals surface area contributed by atoms with Crippen LogP contribution in [0.15, 0.2) is 53.6 Å². The molecule has 35 heavy (non-hydrogen) atoms. The number of hydrogen-bond donors (Lipinski definition) is 3. The maximum absolute atomic E-state index is 13.0. The van der Waals surface area contributed by atoms with E-state index in [1.807, 2.05) is 19.1 Å². The van der Waals surface area contributed by atoms with Crippen LogP contribution in [0.3, 0.4) is 0 Å². The second kappa shape index (κ2) is 13.1. The molecule has 2 aromatic heterocycles. The number of nitrogens with one attached hydrogen (secondary N) is 2. The lowest BCUT2D eigenvalue weighted by atomic mass is 10.1. The fourth-order valence-corrected chi connectivity index (χ4v) is 3.66. The van der Waals surface area contributed by atoms with E-state index in [1.165, 1.54) is 10.6 Å². The first-order valence-electron chi connectivity index (χ1n) is 11.0. The maximum atomic E-state index is 13.0. The van der Waals surface area contributed by atoms with Crippen molar-refractivity contribution in [2.24, 2.45) is 0 Å². The molecule has 3 rings (SSSR count). The van der Waals surface area contributed by atoms with Gasteiger partial charge in [-0.25, -0.2) is 4.98 Å². The molecule has 0 saturated heterocycles. The van der Waals surface area contributed by atoms with E-state index in [0.717, 1.165) is 5.56 Å². The number of aromatic nitrogens is 3. The van der Waals surface area contributed by atoms with Gasteiger partial charge in [-0.2, -0.15) is 4.98 Å². The number of ether oxygens (including phenoxy) is 1. The molecule has 2 unspecified atom stereocenters. The normalized spacial score (nSPS) is 12.4. The summed E-state index contributed by atoms with van der Waals surface area (Å²) in [4.78, 5) is 21.3. The summed E-state index contributed by atoms with van der Waals surface area (Å²) in [5, 5.41) is 17.5. The molecule has 0 amide bonds. The highest BCUT2D eigenvalue weighted by molar-refractivity contribution is 6.30. The van der Waals surface area contributed by atoms with Crippen molar-refractivity contribution in [3.05, 3.63) is 80.3 Å². The highest BCUT2D eigenvalue weighted by Gasteiger charge is 2.18. The third-order valence-corrected chi connectivity index (χ3v) is 5.65. The molecular weight excluding hydrogens is 489 g/mol. The summed E-state index contributed by atoms with van der Waals surface area (Å²) in [6, 6.07) is 10.1. The van der Waals surface area contributed by atoms with E-state index in [0.29, 0.717) is 47.8 Å².